The Morgan fingerprint density at radius 2 is 1.70 bits per heavy atom. The molecule has 7 heteroatoms. The fraction of sp³-hybridized carbons (Fsp3) is 0.652. The number of rotatable bonds is 4. The first-order chi connectivity index (χ1) is 14.2. The molecule has 0 saturated carbocycles. The van der Waals surface area contributed by atoms with Gasteiger partial charge in [0, 0.05) is 51.5 Å². The van der Waals surface area contributed by atoms with Crippen LogP contribution in [-0.2, 0) is 9.47 Å². The van der Waals surface area contributed by atoms with Crippen LogP contribution in [0.25, 0.3) is 0 Å². The van der Waals surface area contributed by atoms with Crippen LogP contribution in [0.15, 0.2) is 24.3 Å². The number of piperazine rings is 1. The number of carbonyl (C=O) groups is 2. The number of hydrogen-bond donors (Lipinski definition) is 0. The summed E-state index contributed by atoms with van der Waals surface area (Å²) in [5, 5.41) is 0. The number of benzene rings is 1. The summed E-state index contributed by atoms with van der Waals surface area (Å²) in [6.07, 6.45) is 2.06. The molecule has 1 amide bonds. The van der Waals surface area contributed by atoms with Gasteiger partial charge in [-0.1, -0.05) is 6.07 Å². The Morgan fingerprint density at radius 1 is 1.03 bits per heavy atom. The van der Waals surface area contributed by atoms with Gasteiger partial charge in [-0.3, -0.25) is 4.90 Å². The second-order valence-corrected chi connectivity index (χ2v) is 9.24. The maximum absolute atomic E-state index is 12.2. The number of esters is 1. The van der Waals surface area contributed by atoms with Crippen molar-refractivity contribution in [3.8, 4) is 0 Å². The number of ether oxygens (including phenoxy) is 2. The third kappa shape index (κ3) is 6.11. The van der Waals surface area contributed by atoms with Gasteiger partial charge in [0.2, 0.25) is 0 Å². The van der Waals surface area contributed by atoms with Crippen LogP contribution >= 0.6 is 0 Å². The maximum atomic E-state index is 12.2. The summed E-state index contributed by atoms with van der Waals surface area (Å²) in [5.74, 6) is 0.371. The van der Waals surface area contributed by atoms with E-state index in [4.69, 9.17) is 9.47 Å². The number of carbonyl (C=O) groups excluding carboxylic acids is 2. The highest BCUT2D eigenvalue weighted by Crippen LogP contribution is 2.25. The lowest BCUT2D eigenvalue weighted by molar-refractivity contribution is 0.0130. The van der Waals surface area contributed by atoms with E-state index in [9.17, 15) is 9.59 Å². The number of amides is 1. The van der Waals surface area contributed by atoms with Crippen molar-refractivity contribution in [1.82, 2.24) is 9.80 Å². The molecule has 1 aromatic rings. The van der Waals surface area contributed by atoms with E-state index in [0.717, 1.165) is 64.3 Å². The van der Waals surface area contributed by atoms with Gasteiger partial charge in [-0.25, -0.2) is 9.59 Å². The highest BCUT2D eigenvalue weighted by molar-refractivity contribution is 5.90. The van der Waals surface area contributed by atoms with E-state index >= 15 is 0 Å². The third-order valence-electron chi connectivity index (χ3n) is 5.79. The van der Waals surface area contributed by atoms with Crippen molar-refractivity contribution in [2.75, 3.05) is 57.8 Å². The topological polar surface area (TPSA) is 62.3 Å². The van der Waals surface area contributed by atoms with Gasteiger partial charge in [-0.15, -0.1) is 0 Å². The standard InChI is InChI=1S/C23H35N3O4/c1-23(2,3)30-22(28)26-14-12-24(13-15-26)17-18-8-10-25(11-9-18)20-7-5-6-19(16-20)21(27)29-4/h5-7,16,18H,8-15,17H2,1-4H3. The molecule has 30 heavy (non-hydrogen) atoms. The van der Waals surface area contributed by atoms with Crippen LogP contribution in [0.1, 0.15) is 44.0 Å². The summed E-state index contributed by atoms with van der Waals surface area (Å²) in [4.78, 5) is 30.6. The highest BCUT2D eigenvalue weighted by atomic mass is 16.6. The smallest absolute Gasteiger partial charge is 0.410 e. The van der Waals surface area contributed by atoms with Crippen LogP contribution in [0.4, 0.5) is 10.5 Å². The lowest BCUT2D eigenvalue weighted by Gasteiger charge is -2.39. The van der Waals surface area contributed by atoms with Crippen molar-refractivity contribution in [2.45, 2.75) is 39.2 Å². The van der Waals surface area contributed by atoms with E-state index in [1.165, 1.54) is 7.11 Å². The average molecular weight is 418 g/mol. The predicted octanol–water partition coefficient (Wildman–Crippen LogP) is 3.24. The van der Waals surface area contributed by atoms with Crippen molar-refractivity contribution >= 4 is 17.7 Å². The molecule has 3 rings (SSSR count). The molecule has 2 aliphatic heterocycles. The summed E-state index contributed by atoms with van der Waals surface area (Å²) in [6.45, 7) is 12.0. The van der Waals surface area contributed by atoms with Gasteiger partial charge in [0.05, 0.1) is 12.7 Å². The molecule has 0 aliphatic carbocycles. The molecule has 7 nitrogen and oxygen atoms in total. The summed E-state index contributed by atoms with van der Waals surface area (Å²) in [7, 11) is 1.41. The molecule has 0 radical (unpaired) electrons. The summed E-state index contributed by atoms with van der Waals surface area (Å²) < 4.78 is 10.3. The Balaban J connectivity index is 1.43. The lowest BCUT2D eigenvalue weighted by atomic mass is 9.95. The molecule has 0 bridgehead atoms. The average Bonchev–Trinajstić information content (AvgIpc) is 2.73. The fourth-order valence-corrected chi connectivity index (χ4v) is 4.13. The Hall–Kier alpha value is -2.28. The molecule has 166 valence electrons. The minimum atomic E-state index is -0.446. The molecule has 2 saturated heterocycles. The first kappa shape index (κ1) is 22.4. The van der Waals surface area contributed by atoms with Gasteiger partial charge in [0.15, 0.2) is 0 Å². The van der Waals surface area contributed by atoms with Crippen LogP contribution in [-0.4, -0.2) is 80.4 Å². The number of hydrogen-bond acceptors (Lipinski definition) is 6. The second-order valence-electron chi connectivity index (χ2n) is 9.24. The fourth-order valence-electron chi connectivity index (χ4n) is 4.13. The first-order valence-corrected chi connectivity index (χ1v) is 10.9. The van der Waals surface area contributed by atoms with Gasteiger partial charge in [0.25, 0.3) is 0 Å². The molecule has 0 spiro atoms. The van der Waals surface area contributed by atoms with E-state index in [-0.39, 0.29) is 12.1 Å². The molecule has 0 unspecified atom stereocenters. The van der Waals surface area contributed by atoms with Gasteiger partial charge >= 0.3 is 12.1 Å². The lowest BCUT2D eigenvalue weighted by Crippen LogP contribution is -2.51. The summed E-state index contributed by atoms with van der Waals surface area (Å²) >= 11 is 0. The SMILES string of the molecule is COC(=O)c1cccc(N2CCC(CN3CCN(C(=O)OC(C)(C)C)CC3)CC2)c1. The number of anilines is 1. The maximum Gasteiger partial charge on any atom is 0.410 e. The first-order valence-electron chi connectivity index (χ1n) is 10.9. The van der Waals surface area contributed by atoms with E-state index in [0.29, 0.717) is 11.5 Å². The van der Waals surface area contributed by atoms with E-state index in [2.05, 4.69) is 15.9 Å². The zero-order valence-electron chi connectivity index (χ0n) is 18.7. The minimum absolute atomic E-state index is 0.204. The van der Waals surface area contributed by atoms with Gasteiger partial charge < -0.3 is 19.3 Å². The van der Waals surface area contributed by atoms with Crippen molar-refractivity contribution in [3.63, 3.8) is 0 Å². The Labute approximate surface area is 179 Å². The molecule has 0 aromatic heterocycles. The number of nitrogens with zero attached hydrogens (tertiary/aromatic N) is 3. The third-order valence-corrected chi connectivity index (χ3v) is 5.79. The molecular formula is C23H35N3O4. The predicted molar refractivity (Wildman–Crippen MR) is 117 cm³/mol. The largest absolute Gasteiger partial charge is 0.465 e. The second kappa shape index (κ2) is 9.69. The Morgan fingerprint density at radius 3 is 2.30 bits per heavy atom. The molecule has 2 aliphatic rings. The molecule has 2 fully saturated rings. The minimum Gasteiger partial charge on any atom is -0.465 e. The molecule has 0 atom stereocenters. The monoisotopic (exact) mass is 417 g/mol. The number of piperidine rings is 1. The van der Waals surface area contributed by atoms with E-state index in [1.54, 1.807) is 6.07 Å². The van der Waals surface area contributed by atoms with Gasteiger partial charge in [-0.2, -0.15) is 0 Å². The zero-order chi connectivity index (χ0) is 21.7. The van der Waals surface area contributed by atoms with Crippen LogP contribution in [0.3, 0.4) is 0 Å². The van der Waals surface area contributed by atoms with E-state index < -0.39 is 5.60 Å². The quantitative estimate of drug-likeness (QED) is 0.701. The normalized spacial score (nSPS) is 18.9. The highest BCUT2D eigenvalue weighted by Gasteiger charge is 2.28. The summed E-state index contributed by atoms with van der Waals surface area (Å²) in [6, 6.07) is 7.68. The van der Waals surface area contributed by atoms with Crippen molar-refractivity contribution in [2.24, 2.45) is 5.92 Å². The van der Waals surface area contributed by atoms with Crippen molar-refractivity contribution in [3.05, 3.63) is 29.8 Å². The molecule has 1 aromatic carbocycles. The van der Waals surface area contributed by atoms with Crippen LogP contribution in [0, 0.1) is 5.92 Å². The molecule has 2 heterocycles. The van der Waals surface area contributed by atoms with Gasteiger partial charge in [0.1, 0.15) is 5.60 Å². The Kier molecular flexibility index (Phi) is 7.23. The molecule has 0 N–H and O–H groups in total. The Bertz CT molecular complexity index is 730. The molecular weight excluding hydrogens is 382 g/mol. The van der Waals surface area contributed by atoms with Crippen LogP contribution in [0.2, 0.25) is 0 Å². The van der Waals surface area contributed by atoms with Crippen molar-refractivity contribution in [1.29, 1.82) is 0 Å². The van der Waals surface area contributed by atoms with Crippen LogP contribution < -0.4 is 4.90 Å². The zero-order valence-corrected chi connectivity index (χ0v) is 18.7. The summed E-state index contributed by atoms with van der Waals surface area (Å²) in [5.41, 5.74) is 1.24. The van der Waals surface area contributed by atoms with Crippen molar-refractivity contribution < 1.29 is 19.1 Å². The van der Waals surface area contributed by atoms with E-state index in [1.807, 2.05) is 37.8 Å². The van der Waals surface area contributed by atoms with Gasteiger partial charge in [-0.05, 0) is 57.7 Å². The number of methoxy groups -OCH3 is 1. The van der Waals surface area contributed by atoms with Crippen LogP contribution in [0.5, 0.6) is 0 Å².